The van der Waals surface area contributed by atoms with Crippen molar-refractivity contribution < 1.29 is 9.53 Å². The minimum absolute atomic E-state index is 0.0148. The van der Waals surface area contributed by atoms with Crippen molar-refractivity contribution in [2.75, 3.05) is 11.9 Å². The molecule has 3 aromatic rings. The zero-order valence-corrected chi connectivity index (χ0v) is 13.9. The van der Waals surface area contributed by atoms with Crippen LogP contribution in [0.5, 0.6) is 0 Å². The molecule has 6 heteroatoms. The first-order valence-corrected chi connectivity index (χ1v) is 8.59. The van der Waals surface area contributed by atoms with Crippen molar-refractivity contribution >= 4 is 22.6 Å². The number of anilines is 1. The Morgan fingerprint density at radius 2 is 2.24 bits per heavy atom. The third-order valence-electron chi connectivity index (χ3n) is 4.40. The largest absolute Gasteiger partial charge is 0.378 e. The molecule has 1 fully saturated rings. The SMILES string of the molecule is O=C(CCC1CCCO1)Nc1cncc(-c2nc3ccccc3[nH]2)c1. The summed E-state index contributed by atoms with van der Waals surface area (Å²) in [6.07, 6.45) is 6.98. The van der Waals surface area contributed by atoms with E-state index in [-0.39, 0.29) is 12.0 Å². The normalized spacial score (nSPS) is 17.0. The second-order valence-electron chi connectivity index (χ2n) is 6.29. The summed E-state index contributed by atoms with van der Waals surface area (Å²) in [6.45, 7) is 0.815. The lowest BCUT2D eigenvalue weighted by Gasteiger charge is -2.09. The number of carbonyl (C=O) groups is 1. The first kappa shape index (κ1) is 15.8. The monoisotopic (exact) mass is 336 g/mol. The van der Waals surface area contributed by atoms with Gasteiger partial charge in [0.05, 0.1) is 29.0 Å². The number of carbonyl (C=O) groups excluding carboxylic acids is 1. The highest BCUT2D eigenvalue weighted by atomic mass is 16.5. The number of nitrogens with zero attached hydrogens (tertiary/aromatic N) is 2. The van der Waals surface area contributed by atoms with Crippen molar-refractivity contribution in [3.8, 4) is 11.4 Å². The molecule has 1 aliphatic rings. The van der Waals surface area contributed by atoms with E-state index >= 15 is 0 Å². The van der Waals surface area contributed by atoms with Crippen LogP contribution in [0, 0.1) is 0 Å². The van der Waals surface area contributed by atoms with E-state index in [4.69, 9.17) is 4.74 Å². The summed E-state index contributed by atoms with van der Waals surface area (Å²) in [6, 6.07) is 9.74. The van der Waals surface area contributed by atoms with Crippen LogP contribution in [0.2, 0.25) is 0 Å². The number of nitrogens with one attached hydrogen (secondary N) is 2. The van der Waals surface area contributed by atoms with Crippen molar-refractivity contribution in [2.24, 2.45) is 0 Å². The predicted octanol–water partition coefficient (Wildman–Crippen LogP) is 3.52. The Hall–Kier alpha value is -2.73. The molecular weight excluding hydrogens is 316 g/mol. The Morgan fingerprint density at radius 3 is 3.08 bits per heavy atom. The lowest BCUT2D eigenvalue weighted by atomic mass is 10.1. The zero-order chi connectivity index (χ0) is 17.1. The highest BCUT2D eigenvalue weighted by Crippen LogP contribution is 2.22. The summed E-state index contributed by atoms with van der Waals surface area (Å²) in [7, 11) is 0. The second-order valence-corrected chi connectivity index (χ2v) is 6.29. The van der Waals surface area contributed by atoms with Crippen LogP contribution in [0.4, 0.5) is 5.69 Å². The number of hydrogen-bond acceptors (Lipinski definition) is 4. The van der Waals surface area contributed by atoms with E-state index in [1.54, 1.807) is 12.4 Å². The molecule has 1 atom stereocenters. The van der Waals surface area contributed by atoms with Gasteiger partial charge >= 0.3 is 0 Å². The highest BCUT2D eigenvalue weighted by Gasteiger charge is 2.17. The molecule has 6 nitrogen and oxygen atoms in total. The van der Waals surface area contributed by atoms with Gasteiger partial charge in [0, 0.05) is 24.8 Å². The van der Waals surface area contributed by atoms with Crippen molar-refractivity contribution in [2.45, 2.75) is 31.8 Å². The zero-order valence-electron chi connectivity index (χ0n) is 13.9. The lowest BCUT2D eigenvalue weighted by molar-refractivity contribution is -0.116. The lowest BCUT2D eigenvalue weighted by Crippen LogP contribution is -2.15. The number of benzene rings is 1. The van der Waals surface area contributed by atoms with E-state index in [2.05, 4.69) is 20.3 Å². The van der Waals surface area contributed by atoms with E-state index in [1.807, 2.05) is 30.3 Å². The molecule has 1 aliphatic heterocycles. The predicted molar refractivity (Wildman–Crippen MR) is 96.2 cm³/mol. The number of amides is 1. The van der Waals surface area contributed by atoms with E-state index in [0.29, 0.717) is 12.1 Å². The van der Waals surface area contributed by atoms with Gasteiger partial charge in [0.15, 0.2) is 0 Å². The van der Waals surface area contributed by atoms with Crippen LogP contribution in [-0.2, 0) is 9.53 Å². The van der Waals surface area contributed by atoms with E-state index in [1.165, 1.54) is 0 Å². The molecule has 1 aromatic carbocycles. The fourth-order valence-corrected chi connectivity index (χ4v) is 3.11. The maximum atomic E-state index is 12.1. The molecule has 1 amide bonds. The van der Waals surface area contributed by atoms with Gasteiger partial charge in [-0.1, -0.05) is 12.1 Å². The maximum Gasteiger partial charge on any atom is 0.224 e. The van der Waals surface area contributed by atoms with Crippen LogP contribution in [0.1, 0.15) is 25.7 Å². The van der Waals surface area contributed by atoms with E-state index in [9.17, 15) is 4.79 Å². The van der Waals surface area contributed by atoms with Crippen molar-refractivity contribution in [1.29, 1.82) is 0 Å². The molecule has 0 spiro atoms. The number of hydrogen-bond donors (Lipinski definition) is 2. The first-order valence-electron chi connectivity index (χ1n) is 8.59. The van der Waals surface area contributed by atoms with E-state index < -0.39 is 0 Å². The number of H-pyrrole nitrogens is 1. The minimum Gasteiger partial charge on any atom is -0.378 e. The fraction of sp³-hybridized carbons (Fsp3) is 0.316. The van der Waals surface area contributed by atoms with Crippen molar-refractivity contribution in [3.63, 3.8) is 0 Å². The van der Waals surface area contributed by atoms with Crippen LogP contribution in [0.15, 0.2) is 42.7 Å². The van der Waals surface area contributed by atoms with Gasteiger partial charge in [-0.15, -0.1) is 0 Å². The molecule has 1 unspecified atom stereocenters. The molecule has 3 heterocycles. The van der Waals surface area contributed by atoms with Crippen LogP contribution in [-0.4, -0.2) is 33.6 Å². The first-order chi connectivity index (χ1) is 12.3. The summed E-state index contributed by atoms with van der Waals surface area (Å²) < 4.78 is 5.55. The minimum atomic E-state index is -0.0148. The number of fused-ring (bicyclic) bond motifs is 1. The van der Waals surface area contributed by atoms with Gasteiger partial charge in [-0.25, -0.2) is 4.98 Å². The van der Waals surface area contributed by atoms with Crippen molar-refractivity contribution in [3.05, 3.63) is 42.7 Å². The number of rotatable bonds is 5. The van der Waals surface area contributed by atoms with Crippen LogP contribution in [0.25, 0.3) is 22.4 Å². The molecule has 128 valence electrons. The van der Waals surface area contributed by atoms with Gasteiger partial charge in [-0.3, -0.25) is 9.78 Å². The number of ether oxygens (including phenoxy) is 1. The third-order valence-corrected chi connectivity index (χ3v) is 4.40. The number of pyridine rings is 1. The van der Waals surface area contributed by atoms with E-state index in [0.717, 1.165) is 48.3 Å². The summed E-state index contributed by atoms with van der Waals surface area (Å²) >= 11 is 0. The molecule has 2 N–H and O–H groups in total. The fourth-order valence-electron chi connectivity index (χ4n) is 3.11. The molecule has 2 aromatic heterocycles. The number of aromatic nitrogens is 3. The second kappa shape index (κ2) is 7.03. The third kappa shape index (κ3) is 3.69. The maximum absolute atomic E-state index is 12.1. The molecule has 0 saturated carbocycles. The number of imidazole rings is 1. The van der Waals surface area contributed by atoms with Gasteiger partial charge in [-0.2, -0.15) is 0 Å². The summed E-state index contributed by atoms with van der Waals surface area (Å²) in [5.41, 5.74) is 3.40. The quantitative estimate of drug-likeness (QED) is 0.747. The smallest absolute Gasteiger partial charge is 0.224 e. The summed E-state index contributed by atoms with van der Waals surface area (Å²) in [5.74, 6) is 0.725. The molecule has 0 radical (unpaired) electrons. The Kier molecular flexibility index (Phi) is 4.43. The van der Waals surface area contributed by atoms with Crippen LogP contribution in [0.3, 0.4) is 0 Å². The summed E-state index contributed by atoms with van der Waals surface area (Å²) in [5, 5.41) is 2.91. The number of aromatic amines is 1. The molecule has 4 rings (SSSR count). The molecule has 25 heavy (non-hydrogen) atoms. The van der Waals surface area contributed by atoms with Gasteiger partial charge < -0.3 is 15.0 Å². The Bertz CT molecular complexity index is 851. The molecular formula is C19H20N4O2. The topological polar surface area (TPSA) is 79.9 Å². The Labute approximate surface area is 145 Å². The van der Waals surface area contributed by atoms with Crippen LogP contribution < -0.4 is 5.32 Å². The van der Waals surface area contributed by atoms with Gasteiger partial charge in [0.1, 0.15) is 5.82 Å². The molecule has 0 aliphatic carbocycles. The Morgan fingerprint density at radius 1 is 1.32 bits per heavy atom. The molecule has 0 bridgehead atoms. The van der Waals surface area contributed by atoms with Crippen LogP contribution >= 0.6 is 0 Å². The average molecular weight is 336 g/mol. The van der Waals surface area contributed by atoms with Gasteiger partial charge in [-0.05, 0) is 37.5 Å². The van der Waals surface area contributed by atoms with Gasteiger partial charge in [0.2, 0.25) is 5.91 Å². The Balaban J connectivity index is 1.44. The summed E-state index contributed by atoms with van der Waals surface area (Å²) in [4.78, 5) is 24.2. The standard InChI is InChI=1S/C19H20N4O2/c24-18(8-7-15-4-3-9-25-15)21-14-10-13(11-20-12-14)19-22-16-5-1-2-6-17(16)23-19/h1-2,5-6,10-12,15H,3-4,7-9H2,(H,21,24)(H,22,23). The highest BCUT2D eigenvalue weighted by molar-refractivity contribution is 5.91. The van der Waals surface area contributed by atoms with Gasteiger partial charge in [0.25, 0.3) is 0 Å². The van der Waals surface area contributed by atoms with Crippen molar-refractivity contribution in [1.82, 2.24) is 15.0 Å². The molecule has 1 saturated heterocycles. The average Bonchev–Trinajstić information content (AvgIpc) is 3.29. The number of para-hydroxylation sites is 2.